The second-order valence-electron chi connectivity index (χ2n) is 4.14. The van der Waals surface area contributed by atoms with E-state index in [0.29, 0.717) is 17.4 Å². The second kappa shape index (κ2) is 7.99. The van der Waals surface area contributed by atoms with Gasteiger partial charge in [0.25, 0.3) is 5.91 Å². The van der Waals surface area contributed by atoms with Crippen molar-refractivity contribution in [1.29, 1.82) is 0 Å². The highest BCUT2D eigenvalue weighted by atomic mass is 32.1. The number of carbonyl (C=O) groups excluding carboxylic acids is 2. The smallest absolute Gasteiger partial charge is 0.358 e. The maximum atomic E-state index is 11.7. The van der Waals surface area contributed by atoms with E-state index < -0.39 is 11.9 Å². The monoisotopic (exact) mass is 321 g/mol. The van der Waals surface area contributed by atoms with E-state index in [9.17, 15) is 9.59 Å². The molecule has 0 aliphatic carbocycles. The van der Waals surface area contributed by atoms with E-state index in [0.717, 1.165) is 0 Å². The number of carbonyl (C=O) groups is 2. The quantitative estimate of drug-likeness (QED) is 0.569. The Morgan fingerprint density at radius 3 is 3.09 bits per heavy atom. The van der Waals surface area contributed by atoms with Gasteiger partial charge in [0.15, 0.2) is 17.4 Å². The molecule has 0 saturated carbocycles. The number of amides is 1. The fraction of sp³-hybridized carbons (Fsp3) is 0.214. The Hall–Kier alpha value is -2.61. The molecule has 7 nitrogen and oxygen atoms in total. The van der Waals surface area contributed by atoms with Gasteiger partial charge in [-0.3, -0.25) is 4.79 Å². The van der Waals surface area contributed by atoms with Gasteiger partial charge in [-0.25, -0.2) is 9.78 Å². The van der Waals surface area contributed by atoms with E-state index in [4.69, 9.17) is 9.15 Å². The Labute approximate surface area is 131 Å². The molecule has 0 fully saturated rings. The first-order chi connectivity index (χ1) is 10.7. The fourth-order valence-electron chi connectivity index (χ4n) is 1.46. The summed E-state index contributed by atoms with van der Waals surface area (Å²) in [7, 11) is 0. The van der Waals surface area contributed by atoms with Crippen LogP contribution in [-0.4, -0.2) is 30.0 Å². The van der Waals surface area contributed by atoms with Crippen LogP contribution in [0.1, 0.15) is 16.2 Å². The number of thiazole rings is 1. The van der Waals surface area contributed by atoms with E-state index >= 15 is 0 Å². The average Bonchev–Trinajstić information content (AvgIpc) is 3.19. The zero-order valence-corrected chi connectivity index (χ0v) is 12.5. The molecule has 2 heterocycles. The van der Waals surface area contributed by atoms with Gasteiger partial charge < -0.3 is 19.8 Å². The number of hydrogen-bond acceptors (Lipinski definition) is 7. The molecule has 1 amide bonds. The predicted octanol–water partition coefficient (Wildman–Crippen LogP) is 1.81. The van der Waals surface area contributed by atoms with Crippen LogP contribution in [0.5, 0.6) is 0 Å². The highest BCUT2D eigenvalue weighted by molar-refractivity contribution is 7.13. The predicted molar refractivity (Wildman–Crippen MR) is 81.6 cm³/mol. The molecule has 0 aliphatic heterocycles. The molecular formula is C14H15N3O4S. The van der Waals surface area contributed by atoms with E-state index in [1.54, 1.807) is 23.6 Å². The molecule has 0 unspecified atom stereocenters. The van der Waals surface area contributed by atoms with Crippen LogP contribution < -0.4 is 10.6 Å². The van der Waals surface area contributed by atoms with Gasteiger partial charge in [-0.1, -0.05) is 6.08 Å². The van der Waals surface area contributed by atoms with Crippen LogP contribution in [0.4, 0.5) is 5.13 Å². The summed E-state index contributed by atoms with van der Waals surface area (Å²) in [5.41, 5.74) is 0.162. The van der Waals surface area contributed by atoms with Crippen molar-refractivity contribution in [2.75, 3.05) is 18.5 Å². The van der Waals surface area contributed by atoms with Gasteiger partial charge >= 0.3 is 5.97 Å². The second-order valence-corrected chi connectivity index (χ2v) is 5.00. The lowest BCUT2D eigenvalue weighted by molar-refractivity contribution is -0.124. The number of furan rings is 1. The van der Waals surface area contributed by atoms with Crippen LogP contribution in [0.15, 0.2) is 40.8 Å². The first kappa shape index (κ1) is 15.8. The molecule has 0 aliphatic rings. The molecule has 0 radical (unpaired) electrons. The van der Waals surface area contributed by atoms with Gasteiger partial charge in [0.2, 0.25) is 0 Å². The Morgan fingerprint density at radius 1 is 1.50 bits per heavy atom. The van der Waals surface area contributed by atoms with Gasteiger partial charge in [0, 0.05) is 11.9 Å². The van der Waals surface area contributed by atoms with E-state index in [1.807, 2.05) is 0 Å². The summed E-state index contributed by atoms with van der Waals surface area (Å²) in [5.74, 6) is -0.432. The molecule has 0 spiro atoms. The largest absolute Gasteiger partial charge is 0.467 e. The van der Waals surface area contributed by atoms with Crippen LogP contribution in [0.3, 0.4) is 0 Å². The lowest BCUT2D eigenvalue weighted by atomic mass is 10.4. The third kappa shape index (κ3) is 4.74. The van der Waals surface area contributed by atoms with Crippen molar-refractivity contribution in [1.82, 2.24) is 10.3 Å². The van der Waals surface area contributed by atoms with Crippen LogP contribution >= 0.6 is 11.3 Å². The maximum Gasteiger partial charge on any atom is 0.358 e. The average molecular weight is 321 g/mol. The van der Waals surface area contributed by atoms with E-state index in [2.05, 4.69) is 22.2 Å². The van der Waals surface area contributed by atoms with Crippen molar-refractivity contribution < 1.29 is 18.7 Å². The Bertz CT molecular complexity index is 636. The summed E-state index contributed by atoms with van der Waals surface area (Å²) in [6.07, 6.45) is 3.20. The SMILES string of the molecule is C=CCNc1nc(C(=O)OCC(=O)NCc2ccco2)cs1. The molecule has 2 aromatic rings. The number of anilines is 1. The van der Waals surface area contributed by atoms with Crippen LogP contribution in [-0.2, 0) is 16.1 Å². The molecule has 116 valence electrons. The number of rotatable bonds is 8. The molecule has 8 heteroatoms. The van der Waals surface area contributed by atoms with Crippen LogP contribution in [0.25, 0.3) is 0 Å². The molecule has 0 saturated heterocycles. The zero-order valence-electron chi connectivity index (χ0n) is 11.7. The molecule has 0 aromatic carbocycles. The van der Waals surface area contributed by atoms with Crippen LogP contribution in [0.2, 0.25) is 0 Å². The minimum atomic E-state index is -0.643. The van der Waals surface area contributed by atoms with Crippen molar-refractivity contribution in [2.45, 2.75) is 6.54 Å². The highest BCUT2D eigenvalue weighted by Gasteiger charge is 2.14. The van der Waals surface area contributed by atoms with Gasteiger partial charge in [-0.05, 0) is 12.1 Å². The molecule has 2 N–H and O–H groups in total. The molecule has 0 atom stereocenters. The number of nitrogens with one attached hydrogen (secondary N) is 2. The molecule has 2 rings (SSSR count). The first-order valence-corrected chi connectivity index (χ1v) is 7.33. The number of hydrogen-bond donors (Lipinski definition) is 2. The summed E-state index contributed by atoms with van der Waals surface area (Å²) in [5, 5.41) is 7.69. The molecule has 22 heavy (non-hydrogen) atoms. The number of aromatic nitrogens is 1. The summed E-state index contributed by atoms with van der Waals surface area (Å²) in [6.45, 7) is 4.00. The minimum absolute atomic E-state index is 0.162. The van der Waals surface area contributed by atoms with Gasteiger partial charge in [-0.15, -0.1) is 17.9 Å². The summed E-state index contributed by atoms with van der Waals surface area (Å²) >= 11 is 1.28. The van der Waals surface area contributed by atoms with Gasteiger partial charge in [0.05, 0.1) is 12.8 Å². The van der Waals surface area contributed by atoms with Crippen LogP contribution in [0, 0.1) is 0 Å². The van der Waals surface area contributed by atoms with Crippen molar-refractivity contribution in [3.8, 4) is 0 Å². The van der Waals surface area contributed by atoms with Gasteiger partial charge in [0.1, 0.15) is 5.76 Å². The number of nitrogens with zero attached hydrogens (tertiary/aromatic N) is 1. The Morgan fingerprint density at radius 2 is 2.36 bits per heavy atom. The van der Waals surface area contributed by atoms with Crippen molar-refractivity contribution in [3.05, 3.63) is 47.9 Å². The highest BCUT2D eigenvalue weighted by Crippen LogP contribution is 2.15. The third-order valence-corrected chi connectivity index (χ3v) is 3.29. The third-order valence-electron chi connectivity index (χ3n) is 2.49. The van der Waals surface area contributed by atoms with Gasteiger partial charge in [-0.2, -0.15) is 0 Å². The Kier molecular flexibility index (Phi) is 5.73. The number of esters is 1. The fourth-order valence-corrected chi connectivity index (χ4v) is 2.15. The Balaban J connectivity index is 1.73. The van der Waals surface area contributed by atoms with Crippen molar-refractivity contribution in [2.24, 2.45) is 0 Å². The standard InChI is InChI=1S/C14H15N3O4S/c1-2-5-15-14-17-11(9-22-14)13(19)21-8-12(18)16-7-10-4-3-6-20-10/h2-4,6,9H,1,5,7-8H2,(H,15,17)(H,16,18). The summed E-state index contributed by atoms with van der Waals surface area (Å²) < 4.78 is 9.96. The number of ether oxygens (including phenoxy) is 1. The first-order valence-electron chi connectivity index (χ1n) is 6.45. The summed E-state index contributed by atoms with van der Waals surface area (Å²) in [6, 6.07) is 3.46. The van der Waals surface area contributed by atoms with Crippen molar-refractivity contribution >= 4 is 28.3 Å². The van der Waals surface area contributed by atoms with E-state index in [1.165, 1.54) is 17.6 Å². The lowest BCUT2D eigenvalue weighted by Gasteiger charge is -2.04. The molecular weight excluding hydrogens is 306 g/mol. The maximum absolute atomic E-state index is 11.7. The molecule has 2 aromatic heterocycles. The minimum Gasteiger partial charge on any atom is -0.467 e. The topological polar surface area (TPSA) is 93.5 Å². The summed E-state index contributed by atoms with van der Waals surface area (Å²) in [4.78, 5) is 27.3. The lowest BCUT2D eigenvalue weighted by Crippen LogP contribution is -2.28. The normalized spacial score (nSPS) is 10.0. The zero-order chi connectivity index (χ0) is 15.8. The van der Waals surface area contributed by atoms with E-state index in [-0.39, 0.29) is 18.8 Å². The molecule has 0 bridgehead atoms. The van der Waals surface area contributed by atoms with Crippen molar-refractivity contribution in [3.63, 3.8) is 0 Å².